The zero-order valence-electron chi connectivity index (χ0n) is 16.8. The van der Waals surface area contributed by atoms with E-state index < -0.39 is 0 Å². The molecule has 2 aromatic carbocycles. The smallest absolute Gasteiger partial charge is 0.237 e. The minimum Gasteiger partial charge on any atom is -0.308 e. The summed E-state index contributed by atoms with van der Waals surface area (Å²) < 4.78 is 1.83. The van der Waals surface area contributed by atoms with Crippen molar-refractivity contribution in [1.29, 1.82) is 0 Å². The van der Waals surface area contributed by atoms with Crippen LogP contribution in [0, 0.1) is 6.92 Å². The summed E-state index contributed by atoms with van der Waals surface area (Å²) in [5, 5.41) is 6.17. The highest BCUT2D eigenvalue weighted by molar-refractivity contribution is 8.00. The lowest BCUT2D eigenvalue weighted by atomic mass is 10.1. The summed E-state index contributed by atoms with van der Waals surface area (Å²) in [6.07, 6.45) is 4.22. The van der Waals surface area contributed by atoms with Crippen LogP contribution < -0.4 is 4.90 Å². The molecule has 0 fully saturated rings. The van der Waals surface area contributed by atoms with Gasteiger partial charge in [0.25, 0.3) is 0 Å². The SMILES string of the molecule is Cc1ccccc1-n1ncc2c(SCC(=O)N3c4ccccc4C[C@@H]3C)ncnc21. The number of para-hydroxylation sites is 2. The first-order valence-corrected chi connectivity index (χ1v) is 10.9. The fourth-order valence-corrected chi connectivity index (χ4v) is 4.88. The highest BCUT2D eigenvalue weighted by atomic mass is 32.2. The molecule has 0 aliphatic carbocycles. The van der Waals surface area contributed by atoms with Gasteiger partial charge in [0.15, 0.2) is 5.65 Å². The van der Waals surface area contributed by atoms with Crippen molar-refractivity contribution in [3.8, 4) is 5.69 Å². The van der Waals surface area contributed by atoms with Gasteiger partial charge in [-0.25, -0.2) is 14.6 Å². The van der Waals surface area contributed by atoms with E-state index in [0.717, 1.165) is 39.4 Å². The molecule has 2 aromatic heterocycles. The standard InChI is InChI=1S/C23H21N5OS/c1-15-7-3-5-9-19(15)28-22-18(12-26-28)23(25-14-24-22)30-13-21(29)27-16(2)11-17-8-4-6-10-20(17)27/h3-10,12,14,16H,11,13H2,1-2H3/t16-/m0/s1. The first-order chi connectivity index (χ1) is 14.6. The molecule has 0 saturated heterocycles. The number of aryl methyl sites for hydroxylation is 1. The van der Waals surface area contributed by atoms with Crippen molar-refractivity contribution in [2.45, 2.75) is 31.3 Å². The van der Waals surface area contributed by atoms with Gasteiger partial charge in [-0.2, -0.15) is 5.10 Å². The predicted octanol–water partition coefficient (Wildman–Crippen LogP) is 4.19. The van der Waals surface area contributed by atoms with E-state index in [-0.39, 0.29) is 11.9 Å². The molecule has 0 radical (unpaired) electrons. The largest absolute Gasteiger partial charge is 0.308 e. The summed E-state index contributed by atoms with van der Waals surface area (Å²) in [6, 6.07) is 16.4. The van der Waals surface area contributed by atoms with Crippen LogP contribution in [0.2, 0.25) is 0 Å². The number of aromatic nitrogens is 4. The summed E-state index contributed by atoms with van der Waals surface area (Å²) in [6.45, 7) is 4.14. The Morgan fingerprint density at radius 1 is 1.10 bits per heavy atom. The first-order valence-electron chi connectivity index (χ1n) is 9.91. The van der Waals surface area contributed by atoms with Crippen LogP contribution in [-0.2, 0) is 11.2 Å². The predicted molar refractivity (Wildman–Crippen MR) is 119 cm³/mol. The quantitative estimate of drug-likeness (QED) is 0.369. The van der Waals surface area contributed by atoms with Gasteiger partial charge in [0.1, 0.15) is 11.4 Å². The van der Waals surface area contributed by atoms with E-state index >= 15 is 0 Å². The van der Waals surface area contributed by atoms with E-state index in [1.807, 2.05) is 59.0 Å². The Morgan fingerprint density at radius 2 is 1.87 bits per heavy atom. The lowest BCUT2D eigenvalue weighted by Gasteiger charge is -2.22. The number of anilines is 1. The number of amides is 1. The fourth-order valence-electron chi connectivity index (χ4n) is 4.06. The maximum atomic E-state index is 13.0. The van der Waals surface area contributed by atoms with E-state index in [1.54, 1.807) is 12.5 Å². The molecule has 1 atom stereocenters. The average molecular weight is 416 g/mol. The maximum absolute atomic E-state index is 13.0. The average Bonchev–Trinajstić information content (AvgIpc) is 3.33. The van der Waals surface area contributed by atoms with Gasteiger partial charge >= 0.3 is 0 Å². The highest BCUT2D eigenvalue weighted by Crippen LogP contribution is 2.33. The fraction of sp³-hybridized carbons (Fsp3) is 0.217. The van der Waals surface area contributed by atoms with E-state index in [2.05, 4.69) is 28.1 Å². The zero-order chi connectivity index (χ0) is 20.7. The molecule has 0 spiro atoms. The third-order valence-corrected chi connectivity index (χ3v) is 6.47. The first kappa shape index (κ1) is 18.8. The normalized spacial score (nSPS) is 15.5. The highest BCUT2D eigenvalue weighted by Gasteiger charge is 2.30. The molecule has 1 aliphatic heterocycles. The van der Waals surface area contributed by atoms with Gasteiger partial charge in [-0.15, -0.1) is 0 Å². The number of benzene rings is 2. The minimum absolute atomic E-state index is 0.0931. The Kier molecular flexibility index (Phi) is 4.75. The Hall–Kier alpha value is -3.19. The Morgan fingerprint density at radius 3 is 2.70 bits per heavy atom. The third-order valence-electron chi connectivity index (χ3n) is 5.48. The van der Waals surface area contributed by atoms with E-state index in [9.17, 15) is 4.79 Å². The number of nitrogens with zero attached hydrogens (tertiary/aromatic N) is 5. The van der Waals surface area contributed by atoms with Gasteiger partial charge in [0.05, 0.1) is 23.0 Å². The molecule has 0 saturated carbocycles. The second-order valence-electron chi connectivity index (χ2n) is 7.49. The molecule has 1 amide bonds. The van der Waals surface area contributed by atoms with Gasteiger partial charge in [0.2, 0.25) is 5.91 Å². The van der Waals surface area contributed by atoms with Crippen molar-refractivity contribution >= 4 is 34.4 Å². The van der Waals surface area contributed by atoms with Crippen LogP contribution in [0.3, 0.4) is 0 Å². The molecule has 1 aliphatic rings. The molecule has 7 heteroatoms. The Bertz CT molecular complexity index is 1250. The van der Waals surface area contributed by atoms with Gasteiger partial charge in [-0.05, 0) is 43.5 Å². The van der Waals surface area contributed by atoms with Crippen LogP contribution in [0.15, 0.2) is 66.1 Å². The number of hydrogen-bond acceptors (Lipinski definition) is 5. The van der Waals surface area contributed by atoms with Crippen LogP contribution in [0.4, 0.5) is 5.69 Å². The molecule has 5 rings (SSSR count). The Labute approximate surface area is 179 Å². The monoisotopic (exact) mass is 415 g/mol. The summed E-state index contributed by atoms with van der Waals surface area (Å²) in [4.78, 5) is 23.8. The van der Waals surface area contributed by atoms with E-state index in [1.165, 1.54) is 17.3 Å². The number of thioether (sulfide) groups is 1. The number of carbonyl (C=O) groups excluding carboxylic acids is 1. The van der Waals surface area contributed by atoms with Gasteiger partial charge in [-0.1, -0.05) is 48.2 Å². The lowest BCUT2D eigenvalue weighted by molar-refractivity contribution is -0.116. The molecule has 0 unspecified atom stereocenters. The molecular weight excluding hydrogens is 394 g/mol. The summed E-state index contributed by atoms with van der Waals surface area (Å²) in [5.41, 5.74) is 5.10. The third kappa shape index (κ3) is 3.15. The summed E-state index contributed by atoms with van der Waals surface area (Å²) in [5.74, 6) is 0.413. The van der Waals surface area contributed by atoms with E-state index in [4.69, 9.17) is 0 Å². The van der Waals surface area contributed by atoms with Crippen LogP contribution in [-0.4, -0.2) is 37.5 Å². The van der Waals surface area contributed by atoms with E-state index in [0.29, 0.717) is 5.75 Å². The maximum Gasteiger partial charge on any atom is 0.237 e. The lowest BCUT2D eigenvalue weighted by Crippen LogP contribution is -2.36. The molecule has 3 heterocycles. The van der Waals surface area contributed by atoms with Crippen LogP contribution in [0.1, 0.15) is 18.1 Å². The molecule has 4 aromatic rings. The number of rotatable bonds is 4. The topological polar surface area (TPSA) is 63.9 Å². The van der Waals surface area contributed by atoms with Crippen molar-refractivity contribution in [2.75, 3.05) is 10.7 Å². The summed E-state index contributed by atoms with van der Waals surface area (Å²) >= 11 is 1.44. The molecule has 0 bridgehead atoms. The van der Waals surface area contributed by atoms with Crippen LogP contribution in [0.5, 0.6) is 0 Å². The van der Waals surface area contributed by atoms with Gasteiger partial charge in [0, 0.05) is 11.7 Å². The number of carbonyl (C=O) groups is 1. The molecule has 0 N–H and O–H groups in total. The Balaban J connectivity index is 1.40. The molecule has 6 nitrogen and oxygen atoms in total. The van der Waals surface area contributed by atoms with Crippen molar-refractivity contribution in [1.82, 2.24) is 19.7 Å². The van der Waals surface area contributed by atoms with Gasteiger partial charge in [-0.3, -0.25) is 4.79 Å². The van der Waals surface area contributed by atoms with Gasteiger partial charge < -0.3 is 4.90 Å². The molecular formula is C23H21N5OS. The minimum atomic E-state index is 0.0931. The zero-order valence-corrected chi connectivity index (χ0v) is 17.6. The van der Waals surface area contributed by atoms with Crippen molar-refractivity contribution in [3.05, 3.63) is 72.2 Å². The van der Waals surface area contributed by atoms with Crippen molar-refractivity contribution < 1.29 is 4.79 Å². The number of hydrogen-bond donors (Lipinski definition) is 0. The molecule has 30 heavy (non-hydrogen) atoms. The van der Waals surface area contributed by atoms with Crippen molar-refractivity contribution in [2.24, 2.45) is 0 Å². The van der Waals surface area contributed by atoms with Crippen LogP contribution >= 0.6 is 11.8 Å². The second kappa shape index (κ2) is 7.57. The number of fused-ring (bicyclic) bond motifs is 2. The van der Waals surface area contributed by atoms with Crippen molar-refractivity contribution in [3.63, 3.8) is 0 Å². The van der Waals surface area contributed by atoms with Crippen LogP contribution in [0.25, 0.3) is 16.7 Å². The molecule has 150 valence electrons. The summed E-state index contributed by atoms with van der Waals surface area (Å²) in [7, 11) is 0. The second-order valence-corrected chi connectivity index (χ2v) is 8.46.